The molecule has 0 radical (unpaired) electrons. The zero-order chi connectivity index (χ0) is 15.8. The molecule has 0 aromatic carbocycles. The molecule has 21 heavy (non-hydrogen) atoms. The van der Waals surface area contributed by atoms with Crippen LogP contribution in [0.1, 0.15) is 45.9 Å². The van der Waals surface area contributed by atoms with Crippen LogP contribution in [0.4, 0.5) is 0 Å². The number of aromatic nitrogens is 2. The molecule has 5 nitrogen and oxygen atoms in total. The van der Waals surface area contributed by atoms with Gasteiger partial charge in [-0.25, -0.2) is 0 Å². The van der Waals surface area contributed by atoms with Gasteiger partial charge in [0.25, 0.3) is 5.56 Å². The van der Waals surface area contributed by atoms with Crippen LogP contribution in [0.5, 0.6) is 0 Å². The van der Waals surface area contributed by atoms with Crippen molar-refractivity contribution in [3.05, 3.63) is 45.2 Å². The third kappa shape index (κ3) is 2.98. The predicted molar refractivity (Wildman–Crippen MR) is 83.4 cm³/mol. The maximum atomic E-state index is 12.2. The summed E-state index contributed by atoms with van der Waals surface area (Å²) in [7, 11) is 1.72. The third-order valence-electron chi connectivity index (χ3n) is 3.37. The molecule has 1 aromatic rings. The van der Waals surface area contributed by atoms with E-state index in [2.05, 4.69) is 31.6 Å². The van der Waals surface area contributed by atoms with Crippen molar-refractivity contribution in [3.8, 4) is 0 Å². The van der Waals surface area contributed by atoms with Crippen LogP contribution in [-0.4, -0.2) is 21.2 Å². The maximum absolute atomic E-state index is 12.2. The first-order chi connectivity index (χ1) is 9.74. The number of hydrogen-bond acceptors (Lipinski definition) is 3. The number of nitrogens with zero attached hydrogens (tertiary/aromatic N) is 2. The summed E-state index contributed by atoms with van der Waals surface area (Å²) in [5.41, 5.74) is 4.43. The first-order valence-electron chi connectivity index (χ1n) is 7.13. The molecule has 2 heterocycles. The predicted octanol–water partition coefficient (Wildman–Crippen LogP) is 2.68. The van der Waals surface area contributed by atoms with Gasteiger partial charge in [0, 0.05) is 31.3 Å². The normalized spacial score (nSPS) is 14.9. The largest absolute Gasteiger partial charge is 0.437 e. The summed E-state index contributed by atoms with van der Waals surface area (Å²) in [4.78, 5) is 14.2. The van der Waals surface area contributed by atoms with E-state index < -0.39 is 0 Å². The molecule has 0 saturated heterocycles. The van der Waals surface area contributed by atoms with Gasteiger partial charge in [0.1, 0.15) is 5.76 Å². The molecule has 5 heteroatoms. The number of H-pyrrole nitrogens is 1. The Labute approximate surface area is 125 Å². The fraction of sp³-hybridized carbons (Fsp3) is 0.500. The molecule has 0 unspecified atom stereocenters. The van der Waals surface area contributed by atoms with Gasteiger partial charge in [0.15, 0.2) is 0 Å². The monoisotopic (exact) mass is 289 g/mol. The average molecular weight is 289 g/mol. The van der Waals surface area contributed by atoms with E-state index in [1.54, 1.807) is 13.1 Å². The lowest BCUT2D eigenvalue weighted by molar-refractivity contribution is 0.257. The van der Waals surface area contributed by atoms with Gasteiger partial charge >= 0.3 is 0 Å². The van der Waals surface area contributed by atoms with Gasteiger partial charge in [-0.2, -0.15) is 0 Å². The van der Waals surface area contributed by atoms with Gasteiger partial charge in [0.2, 0.25) is 5.88 Å². The highest BCUT2D eigenvalue weighted by Gasteiger charge is 2.22. The van der Waals surface area contributed by atoms with Crippen molar-refractivity contribution in [1.29, 1.82) is 0 Å². The van der Waals surface area contributed by atoms with Gasteiger partial charge < -0.3 is 9.64 Å². The minimum atomic E-state index is -0.145. The molecule has 0 aliphatic carbocycles. The van der Waals surface area contributed by atoms with Crippen LogP contribution in [0.3, 0.4) is 0 Å². The molecule has 0 saturated carbocycles. The van der Waals surface area contributed by atoms with Crippen molar-refractivity contribution < 1.29 is 4.74 Å². The lowest BCUT2D eigenvalue weighted by atomic mass is 9.89. The van der Waals surface area contributed by atoms with Crippen LogP contribution in [0.15, 0.2) is 28.4 Å². The quantitative estimate of drug-likeness (QED) is 0.852. The van der Waals surface area contributed by atoms with E-state index in [1.165, 1.54) is 4.68 Å². The number of aryl methyl sites for hydroxylation is 1. The Morgan fingerprint density at radius 2 is 2.10 bits per heavy atom. The number of rotatable bonds is 2. The maximum Gasteiger partial charge on any atom is 0.274 e. The summed E-state index contributed by atoms with van der Waals surface area (Å²) in [5.74, 6) is 1.45. The zero-order valence-corrected chi connectivity index (χ0v) is 13.6. The minimum absolute atomic E-state index is 0.0567. The third-order valence-corrected chi connectivity index (χ3v) is 3.37. The van der Waals surface area contributed by atoms with Gasteiger partial charge in [0.05, 0.1) is 11.3 Å². The smallest absolute Gasteiger partial charge is 0.274 e. The van der Waals surface area contributed by atoms with E-state index >= 15 is 0 Å². The Hall–Kier alpha value is -2.13. The molecule has 2 rings (SSSR count). The molecule has 114 valence electrons. The number of ether oxygens (including phenoxy) is 1. The Balaban J connectivity index is 2.50. The van der Waals surface area contributed by atoms with Gasteiger partial charge in [-0.3, -0.25) is 14.6 Å². The van der Waals surface area contributed by atoms with Crippen LogP contribution in [0.25, 0.3) is 6.08 Å². The SMILES string of the molecule is CCN1C=C(C)OC1=C=Cc1c(C(C)(C)C)[nH]n(C)c1=O. The lowest BCUT2D eigenvalue weighted by Crippen LogP contribution is -2.15. The van der Waals surface area contributed by atoms with E-state index in [0.717, 1.165) is 18.0 Å². The highest BCUT2D eigenvalue weighted by atomic mass is 16.5. The molecule has 1 aliphatic heterocycles. The number of allylic oxidation sites excluding steroid dienone is 1. The Morgan fingerprint density at radius 3 is 2.67 bits per heavy atom. The summed E-state index contributed by atoms with van der Waals surface area (Å²) < 4.78 is 7.10. The zero-order valence-electron chi connectivity index (χ0n) is 13.6. The summed E-state index contributed by atoms with van der Waals surface area (Å²) >= 11 is 0. The van der Waals surface area contributed by atoms with Gasteiger partial charge in [-0.1, -0.05) is 26.5 Å². The van der Waals surface area contributed by atoms with Crippen molar-refractivity contribution in [2.24, 2.45) is 7.05 Å². The fourth-order valence-corrected chi connectivity index (χ4v) is 2.27. The second-order valence-corrected chi connectivity index (χ2v) is 6.24. The van der Waals surface area contributed by atoms with E-state index in [0.29, 0.717) is 11.4 Å². The number of nitrogens with one attached hydrogen (secondary N) is 1. The first kappa shape index (κ1) is 15.3. The molecular formula is C16H23N3O2. The summed E-state index contributed by atoms with van der Waals surface area (Å²) in [6.07, 6.45) is 3.64. The summed E-state index contributed by atoms with van der Waals surface area (Å²) in [5, 5.41) is 3.12. The van der Waals surface area contributed by atoms with Crippen LogP contribution in [0.2, 0.25) is 0 Å². The molecule has 0 spiro atoms. The molecule has 0 atom stereocenters. The molecule has 1 aliphatic rings. The van der Waals surface area contributed by atoms with Crippen molar-refractivity contribution in [3.63, 3.8) is 0 Å². The molecule has 0 fully saturated rings. The highest BCUT2D eigenvalue weighted by molar-refractivity contribution is 5.52. The average Bonchev–Trinajstić information content (AvgIpc) is 2.88. The summed E-state index contributed by atoms with van der Waals surface area (Å²) in [6.45, 7) is 10.9. The van der Waals surface area contributed by atoms with Crippen molar-refractivity contribution in [1.82, 2.24) is 14.7 Å². The van der Waals surface area contributed by atoms with Crippen molar-refractivity contribution >= 4 is 6.08 Å². The van der Waals surface area contributed by atoms with Crippen LogP contribution in [-0.2, 0) is 17.2 Å². The molecule has 1 aromatic heterocycles. The second-order valence-electron chi connectivity index (χ2n) is 6.24. The van der Waals surface area contributed by atoms with Crippen LogP contribution >= 0.6 is 0 Å². The fourth-order valence-electron chi connectivity index (χ4n) is 2.27. The first-order valence-corrected chi connectivity index (χ1v) is 7.13. The molecule has 1 N–H and O–H groups in total. The Kier molecular flexibility index (Phi) is 3.88. The minimum Gasteiger partial charge on any atom is -0.437 e. The highest BCUT2D eigenvalue weighted by Crippen LogP contribution is 2.24. The Bertz CT molecular complexity index is 692. The number of hydrogen-bond donors (Lipinski definition) is 1. The van der Waals surface area contributed by atoms with E-state index in [1.807, 2.05) is 24.9 Å². The number of aromatic amines is 1. The molecule has 0 amide bonds. The van der Waals surface area contributed by atoms with Crippen LogP contribution < -0.4 is 5.56 Å². The van der Waals surface area contributed by atoms with Crippen molar-refractivity contribution in [2.45, 2.75) is 40.0 Å². The topological polar surface area (TPSA) is 50.3 Å². The summed E-state index contributed by atoms with van der Waals surface area (Å²) in [6, 6.07) is 0. The van der Waals surface area contributed by atoms with E-state index in [4.69, 9.17) is 4.74 Å². The molecular weight excluding hydrogens is 266 g/mol. The van der Waals surface area contributed by atoms with Gasteiger partial charge in [-0.15, -0.1) is 0 Å². The second kappa shape index (κ2) is 5.34. The van der Waals surface area contributed by atoms with Crippen LogP contribution in [0, 0.1) is 0 Å². The van der Waals surface area contributed by atoms with E-state index in [-0.39, 0.29) is 11.0 Å². The van der Waals surface area contributed by atoms with E-state index in [9.17, 15) is 4.79 Å². The molecule has 0 bridgehead atoms. The lowest BCUT2D eigenvalue weighted by Gasteiger charge is -2.17. The Morgan fingerprint density at radius 1 is 1.43 bits per heavy atom. The van der Waals surface area contributed by atoms with Crippen molar-refractivity contribution in [2.75, 3.05) is 6.54 Å². The standard InChI is InChI=1S/C16H23N3O2/c1-7-19-10-11(2)21-13(19)9-8-12-14(16(3,4)5)17-18(6)15(12)20/h8,10,17H,7H2,1-6H3. The van der Waals surface area contributed by atoms with Gasteiger partial charge in [-0.05, 0) is 13.8 Å².